The van der Waals surface area contributed by atoms with Crippen molar-refractivity contribution in [3.8, 4) is 0 Å². The minimum absolute atomic E-state index is 0.0240. The molecule has 9 heteroatoms. The van der Waals surface area contributed by atoms with Crippen LogP contribution in [0.25, 0.3) is 0 Å². The van der Waals surface area contributed by atoms with Crippen LogP contribution in [0.3, 0.4) is 0 Å². The lowest BCUT2D eigenvalue weighted by molar-refractivity contribution is -0.345. The number of ether oxygens (including phenoxy) is 3. The molecule has 12 atom stereocenters. The quantitative estimate of drug-likeness (QED) is 0.315. The molecule has 1 spiro atoms. The predicted octanol–water partition coefficient (Wildman–Crippen LogP) is -0.500. The summed E-state index contributed by atoms with van der Waals surface area (Å²) < 4.78 is 17.1. The highest BCUT2D eigenvalue weighted by molar-refractivity contribution is 5.80. The summed E-state index contributed by atoms with van der Waals surface area (Å²) in [6.45, 7) is 6.51. The van der Waals surface area contributed by atoms with Crippen LogP contribution in [-0.2, 0) is 23.8 Å². The first-order chi connectivity index (χ1) is 14.4. The Morgan fingerprint density at radius 1 is 1.26 bits per heavy atom. The van der Waals surface area contributed by atoms with Crippen LogP contribution in [0.4, 0.5) is 0 Å². The van der Waals surface area contributed by atoms with Gasteiger partial charge in [0.2, 0.25) is 6.10 Å². The van der Waals surface area contributed by atoms with Crippen molar-refractivity contribution in [3.05, 3.63) is 11.6 Å². The lowest BCUT2D eigenvalue weighted by atomic mass is 9.38. The van der Waals surface area contributed by atoms with Crippen molar-refractivity contribution in [2.45, 2.75) is 70.4 Å². The van der Waals surface area contributed by atoms with E-state index in [9.17, 15) is 30.0 Å². The van der Waals surface area contributed by atoms with Crippen LogP contribution in [0.1, 0.15) is 34.1 Å². The molecule has 2 saturated carbocycles. The van der Waals surface area contributed by atoms with E-state index in [0.717, 1.165) is 5.57 Å². The Bertz CT molecular complexity index is 871. The second-order valence-corrected chi connectivity index (χ2v) is 10.4. The first-order valence-corrected chi connectivity index (χ1v) is 10.9. The van der Waals surface area contributed by atoms with Crippen LogP contribution in [0.5, 0.6) is 0 Å². The molecule has 0 radical (unpaired) electrons. The molecule has 2 aliphatic heterocycles. The summed E-state index contributed by atoms with van der Waals surface area (Å²) in [4.78, 5) is 24.7. The second-order valence-electron chi connectivity index (χ2n) is 10.4. The topological polar surface area (TPSA) is 143 Å². The smallest absolute Gasteiger partial charge is 0.348 e. The van der Waals surface area contributed by atoms with Crippen LogP contribution in [0.2, 0.25) is 0 Å². The molecule has 5 aliphatic rings. The molecule has 5 rings (SSSR count). The molecule has 0 aromatic rings. The molecule has 0 aromatic heterocycles. The molecule has 4 N–H and O–H groups in total. The molecule has 2 bridgehead atoms. The van der Waals surface area contributed by atoms with Gasteiger partial charge in [-0.05, 0) is 25.2 Å². The number of hydrogen-bond acceptors (Lipinski definition) is 9. The fourth-order valence-corrected chi connectivity index (χ4v) is 8.07. The largest absolute Gasteiger partial charge is 0.459 e. The van der Waals surface area contributed by atoms with E-state index in [4.69, 9.17) is 14.2 Å². The maximum Gasteiger partial charge on any atom is 0.348 e. The Labute approximate surface area is 180 Å². The fraction of sp³-hybridized carbons (Fsp3) is 0.818. The molecule has 2 saturated heterocycles. The van der Waals surface area contributed by atoms with Crippen molar-refractivity contribution in [3.63, 3.8) is 0 Å². The molecule has 31 heavy (non-hydrogen) atoms. The number of aliphatic hydroxyl groups is 4. The molecular formula is C22H30O9. The van der Waals surface area contributed by atoms with Crippen molar-refractivity contribution in [1.82, 2.24) is 0 Å². The Hall–Kier alpha value is -1.52. The van der Waals surface area contributed by atoms with Gasteiger partial charge in [-0.25, -0.2) is 4.79 Å². The number of rotatable bonds is 1. The van der Waals surface area contributed by atoms with Crippen molar-refractivity contribution in [2.75, 3.05) is 6.61 Å². The third-order valence-corrected chi connectivity index (χ3v) is 9.09. The SMILES string of the molecule is CC(=O)O[C@H]1C(=O)O[C@@H]2C[C@H]3C(C)=C[C@H](O)[C@@H](O)[C@]3(C)[C@H]3[C@]4(O)OC[C@]32[C@@H]1[C@@H](C)[C@H]4O. The highest BCUT2D eigenvalue weighted by Gasteiger charge is 2.83. The Morgan fingerprint density at radius 3 is 2.58 bits per heavy atom. The third-order valence-electron chi connectivity index (χ3n) is 9.09. The molecule has 0 unspecified atom stereocenters. The molecule has 4 fully saturated rings. The van der Waals surface area contributed by atoms with E-state index < -0.39 is 76.8 Å². The van der Waals surface area contributed by atoms with Gasteiger partial charge in [-0.2, -0.15) is 0 Å². The van der Waals surface area contributed by atoms with Gasteiger partial charge >= 0.3 is 11.9 Å². The van der Waals surface area contributed by atoms with Crippen LogP contribution in [0, 0.1) is 34.5 Å². The van der Waals surface area contributed by atoms with Gasteiger partial charge in [-0.1, -0.05) is 25.5 Å². The number of fused-ring (bicyclic) bond motifs is 1. The number of esters is 2. The number of carbonyl (C=O) groups is 2. The summed E-state index contributed by atoms with van der Waals surface area (Å²) in [6.07, 6.45) is -3.73. The monoisotopic (exact) mass is 438 g/mol. The van der Waals surface area contributed by atoms with Gasteiger partial charge in [0.1, 0.15) is 12.2 Å². The van der Waals surface area contributed by atoms with E-state index in [2.05, 4.69) is 0 Å². The molecule has 172 valence electrons. The highest BCUT2D eigenvalue weighted by Crippen LogP contribution is 2.73. The lowest BCUT2D eigenvalue weighted by Gasteiger charge is -2.68. The molecule has 9 nitrogen and oxygen atoms in total. The zero-order valence-electron chi connectivity index (χ0n) is 18.0. The minimum atomic E-state index is -2.01. The minimum Gasteiger partial charge on any atom is -0.459 e. The van der Waals surface area contributed by atoms with Gasteiger partial charge in [0.25, 0.3) is 0 Å². The Kier molecular flexibility index (Phi) is 4.33. The first kappa shape index (κ1) is 21.3. The van der Waals surface area contributed by atoms with E-state index >= 15 is 0 Å². The predicted molar refractivity (Wildman–Crippen MR) is 103 cm³/mol. The van der Waals surface area contributed by atoms with Crippen molar-refractivity contribution in [1.29, 1.82) is 0 Å². The molecule has 2 heterocycles. The van der Waals surface area contributed by atoms with Crippen LogP contribution in [-0.4, -0.2) is 75.3 Å². The molecule has 0 amide bonds. The Morgan fingerprint density at radius 2 is 1.94 bits per heavy atom. The summed E-state index contributed by atoms with van der Waals surface area (Å²) in [5, 5.41) is 44.7. The van der Waals surface area contributed by atoms with E-state index in [1.54, 1.807) is 19.9 Å². The van der Waals surface area contributed by atoms with Crippen molar-refractivity contribution < 1.29 is 44.2 Å². The zero-order valence-corrected chi connectivity index (χ0v) is 18.0. The maximum absolute atomic E-state index is 12.9. The number of hydrogen-bond donors (Lipinski definition) is 4. The van der Waals surface area contributed by atoms with E-state index in [1.807, 2.05) is 6.92 Å². The fourth-order valence-electron chi connectivity index (χ4n) is 8.07. The molecule has 3 aliphatic carbocycles. The standard InChI is InChI=1S/C22H30O9/c1-8-5-12(24)17(26)20(4)11(8)6-13-21-7-29-22(28,19(20)21)16(25)9(2)14(21)15(18(27)31-13)30-10(3)23/h5,9,11-17,19,24-26,28H,6-7H2,1-4H3/t9-,11+,12+,13-,14-,15-,16-,17-,19-,20-,21+,22-/m1/s1. The van der Waals surface area contributed by atoms with Crippen molar-refractivity contribution >= 4 is 11.9 Å². The highest BCUT2D eigenvalue weighted by atomic mass is 16.7. The van der Waals surface area contributed by atoms with E-state index in [-0.39, 0.29) is 12.5 Å². The number of allylic oxidation sites excluding steroid dienone is 1. The number of carbonyl (C=O) groups excluding carboxylic acids is 2. The summed E-state index contributed by atoms with van der Waals surface area (Å²) in [7, 11) is 0. The molecule has 0 aromatic carbocycles. The van der Waals surface area contributed by atoms with Gasteiger partial charge in [0, 0.05) is 29.6 Å². The number of aliphatic hydroxyl groups excluding tert-OH is 3. The van der Waals surface area contributed by atoms with Gasteiger partial charge in [-0.3, -0.25) is 4.79 Å². The lowest BCUT2D eigenvalue weighted by Crippen LogP contribution is -2.78. The van der Waals surface area contributed by atoms with Gasteiger partial charge < -0.3 is 34.6 Å². The normalized spacial score (nSPS) is 57.4. The van der Waals surface area contributed by atoms with Crippen LogP contribution in [0.15, 0.2) is 11.6 Å². The average molecular weight is 438 g/mol. The summed E-state index contributed by atoms with van der Waals surface area (Å²) in [6, 6.07) is 0. The van der Waals surface area contributed by atoms with Gasteiger partial charge in [0.15, 0.2) is 5.79 Å². The summed E-state index contributed by atoms with van der Waals surface area (Å²) >= 11 is 0. The first-order valence-electron chi connectivity index (χ1n) is 10.9. The molecular weight excluding hydrogens is 408 g/mol. The van der Waals surface area contributed by atoms with Gasteiger partial charge in [-0.15, -0.1) is 0 Å². The van der Waals surface area contributed by atoms with E-state index in [1.165, 1.54) is 6.92 Å². The summed E-state index contributed by atoms with van der Waals surface area (Å²) in [5.41, 5.74) is -1.25. The Balaban J connectivity index is 1.75. The van der Waals surface area contributed by atoms with Gasteiger partial charge in [0.05, 0.1) is 18.8 Å². The zero-order chi connectivity index (χ0) is 22.7. The second kappa shape index (κ2) is 6.29. The summed E-state index contributed by atoms with van der Waals surface area (Å²) in [5.74, 6) is -5.85. The van der Waals surface area contributed by atoms with E-state index in [0.29, 0.717) is 6.42 Å². The maximum atomic E-state index is 12.9. The van der Waals surface area contributed by atoms with Crippen LogP contribution < -0.4 is 0 Å². The van der Waals surface area contributed by atoms with Crippen molar-refractivity contribution in [2.24, 2.45) is 34.5 Å². The third kappa shape index (κ3) is 2.29. The van der Waals surface area contributed by atoms with Crippen LogP contribution >= 0.6 is 0 Å². The average Bonchev–Trinajstić information content (AvgIpc) is 2.97.